The highest BCUT2D eigenvalue weighted by Gasteiger charge is 2.23. The van der Waals surface area contributed by atoms with Crippen LogP contribution in [0.4, 0.5) is 5.69 Å². The lowest BCUT2D eigenvalue weighted by Crippen LogP contribution is -2.35. The molecule has 1 heterocycles. The number of benzene rings is 2. The van der Waals surface area contributed by atoms with Gasteiger partial charge in [0.05, 0.1) is 5.02 Å². The molecule has 0 spiro atoms. The van der Waals surface area contributed by atoms with Gasteiger partial charge in [-0.15, -0.1) is 0 Å². The molecule has 2 aromatic rings. The number of nitrogens with zero attached hydrogens (tertiary/aromatic N) is 1. The Morgan fingerprint density at radius 1 is 1.20 bits per heavy atom. The van der Waals surface area contributed by atoms with Gasteiger partial charge in [-0.05, 0) is 65.3 Å². The molecule has 0 aliphatic carbocycles. The second-order valence-electron chi connectivity index (χ2n) is 4.82. The van der Waals surface area contributed by atoms with Crippen LogP contribution in [0, 0.1) is 3.57 Å². The smallest absolute Gasteiger partial charge is 0.258 e. The zero-order valence-corrected chi connectivity index (χ0v) is 13.7. The van der Waals surface area contributed by atoms with Crippen molar-refractivity contribution in [2.75, 3.05) is 11.4 Å². The standard InChI is InChI=1S/C16H13ClINO/c17-13-10-12(7-8-14(13)18)16(20)19-9-3-5-11-4-1-2-6-15(11)19/h1-2,4,6-8,10H,3,5,9H2. The topological polar surface area (TPSA) is 20.3 Å². The summed E-state index contributed by atoms with van der Waals surface area (Å²) in [5.74, 6) is 0.0236. The molecule has 1 amide bonds. The van der Waals surface area contributed by atoms with Crippen molar-refractivity contribution in [1.82, 2.24) is 0 Å². The zero-order valence-electron chi connectivity index (χ0n) is 10.8. The minimum atomic E-state index is 0.0236. The fraction of sp³-hybridized carbons (Fsp3) is 0.188. The maximum Gasteiger partial charge on any atom is 0.258 e. The van der Waals surface area contributed by atoms with Crippen molar-refractivity contribution in [3.8, 4) is 0 Å². The van der Waals surface area contributed by atoms with Crippen LogP contribution in [0.15, 0.2) is 42.5 Å². The zero-order chi connectivity index (χ0) is 14.1. The number of fused-ring (bicyclic) bond motifs is 1. The first kappa shape index (κ1) is 13.9. The first-order chi connectivity index (χ1) is 9.66. The molecule has 1 aliphatic rings. The van der Waals surface area contributed by atoms with Gasteiger partial charge in [0.1, 0.15) is 0 Å². The molecule has 0 bridgehead atoms. The molecule has 0 unspecified atom stereocenters. The van der Waals surface area contributed by atoms with Gasteiger partial charge in [-0.2, -0.15) is 0 Å². The van der Waals surface area contributed by atoms with E-state index in [1.165, 1.54) is 5.56 Å². The Kier molecular flexibility index (Phi) is 3.98. The van der Waals surface area contributed by atoms with E-state index in [1.54, 1.807) is 6.07 Å². The molecule has 0 N–H and O–H groups in total. The first-order valence-electron chi connectivity index (χ1n) is 6.51. The average molecular weight is 398 g/mol. The van der Waals surface area contributed by atoms with Crippen LogP contribution in [0.5, 0.6) is 0 Å². The summed E-state index contributed by atoms with van der Waals surface area (Å²) in [7, 11) is 0. The maximum atomic E-state index is 12.7. The van der Waals surface area contributed by atoms with Crippen molar-refractivity contribution in [1.29, 1.82) is 0 Å². The van der Waals surface area contributed by atoms with Gasteiger partial charge >= 0.3 is 0 Å². The Bertz CT molecular complexity index is 671. The molecule has 0 saturated heterocycles. The van der Waals surface area contributed by atoms with E-state index in [9.17, 15) is 4.79 Å². The van der Waals surface area contributed by atoms with Crippen LogP contribution >= 0.6 is 34.2 Å². The van der Waals surface area contributed by atoms with Gasteiger partial charge in [0, 0.05) is 21.4 Å². The van der Waals surface area contributed by atoms with Crippen molar-refractivity contribution >= 4 is 45.8 Å². The second-order valence-corrected chi connectivity index (χ2v) is 6.39. The summed E-state index contributed by atoms with van der Waals surface area (Å²) in [4.78, 5) is 14.5. The van der Waals surface area contributed by atoms with Gasteiger partial charge < -0.3 is 4.90 Å². The van der Waals surface area contributed by atoms with Gasteiger partial charge in [-0.3, -0.25) is 4.79 Å². The van der Waals surface area contributed by atoms with Crippen LogP contribution in [-0.2, 0) is 6.42 Å². The number of amides is 1. The van der Waals surface area contributed by atoms with E-state index in [0.29, 0.717) is 10.6 Å². The van der Waals surface area contributed by atoms with Crippen LogP contribution in [0.25, 0.3) is 0 Å². The van der Waals surface area contributed by atoms with Gasteiger partial charge in [0.15, 0.2) is 0 Å². The van der Waals surface area contributed by atoms with E-state index in [0.717, 1.165) is 28.6 Å². The van der Waals surface area contributed by atoms with E-state index in [2.05, 4.69) is 28.7 Å². The number of rotatable bonds is 1. The highest BCUT2D eigenvalue weighted by atomic mass is 127. The normalized spacial score (nSPS) is 14.0. The predicted molar refractivity (Wildman–Crippen MR) is 90.6 cm³/mol. The third kappa shape index (κ3) is 2.56. The lowest BCUT2D eigenvalue weighted by Gasteiger charge is -2.29. The molecule has 3 rings (SSSR count). The lowest BCUT2D eigenvalue weighted by molar-refractivity contribution is 0.0985. The third-order valence-corrected chi connectivity index (χ3v) is 5.09. The summed E-state index contributed by atoms with van der Waals surface area (Å²) in [6, 6.07) is 13.6. The molecular formula is C16H13ClINO. The fourth-order valence-electron chi connectivity index (χ4n) is 2.53. The van der Waals surface area contributed by atoms with Crippen molar-refractivity contribution in [3.63, 3.8) is 0 Å². The average Bonchev–Trinajstić information content (AvgIpc) is 2.49. The molecule has 0 aromatic heterocycles. The number of hydrogen-bond donors (Lipinski definition) is 0. The molecule has 102 valence electrons. The van der Waals surface area contributed by atoms with Crippen molar-refractivity contribution < 1.29 is 4.79 Å². The summed E-state index contributed by atoms with van der Waals surface area (Å²) < 4.78 is 0.958. The first-order valence-corrected chi connectivity index (χ1v) is 7.97. The van der Waals surface area contributed by atoms with Gasteiger partial charge in [-0.1, -0.05) is 29.8 Å². The van der Waals surface area contributed by atoms with Gasteiger partial charge in [0.2, 0.25) is 0 Å². The summed E-state index contributed by atoms with van der Waals surface area (Å²) in [6.07, 6.45) is 2.04. The predicted octanol–water partition coefficient (Wildman–Crippen LogP) is 4.54. The highest BCUT2D eigenvalue weighted by molar-refractivity contribution is 14.1. The van der Waals surface area contributed by atoms with E-state index >= 15 is 0 Å². The molecule has 0 radical (unpaired) electrons. The van der Waals surface area contributed by atoms with Crippen LogP contribution in [0.2, 0.25) is 5.02 Å². The number of hydrogen-bond acceptors (Lipinski definition) is 1. The molecule has 0 fully saturated rings. The van der Waals surface area contributed by atoms with Crippen LogP contribution < -0.4 is 4.90 Å². The minimum absolute atomic E-state index is 0.0236. The Morgan fingerprint density at radius 3 is 2.80 bits per heavy atom. The van der Waals surface area contributed by atoms with Crippen LogP contribution in [-0.4, -0.2) is 12.5 Å². The van der Waals surface area contributed by atoms with Crippen LogP contribution in [0.1, 0.15) is 22.3 Å². The molecule has 2 aromatic carbocycles. The summed E-state index contributed by atoms with van der Waals surface area (Å²) in [5.41, 5.74) is 2.91. The van der Waals surface area contributed by atoms with E-state index in [1.807, 2.05) is 35.2 Å². The molecule has 2 nitrogen and oxygen atoms in total. The quantitative estimate of drug-likeness (QED) is 0.647. The fourth-order valence-corrected chi connectivity index (χ4v) is 3.05. The largest absolute Gasteiger partial charge is 0.308 e. The number of anilines is 1. The monoisotopic (exact) mass is 397 g/mol. The molecule has 20 heavy (non-hydrogen) atoms. The number of halogens is 2. The number of carbonyl (C=O) groups is 1. The Hall–Kier alpha value is -1.07. The number of para-hydroxylation sites is 1. The molecule has 4 heteroatoms. The van der Waals surface area contributed by atoms with E-state index in [4.69, 9.17) is 11.6 Å². The number of aryl methyl sites for hydroxylation is 1. The summed E-state index contributed by atoms with van der Waals surface area (Å²) >= 11 is 8.28. The third-order valence-electron chi connectivity index (χ3n) is 3.52. The van der Waals surface area contributed by atoms with Crippen molar-refractivity contribution in [2.24, 2.45) is 0 Å². The molecule has 0 atom stereocenters. The van der Waals surface area contributed by atoms with Gasteiger partial charge in [0.25, 0.3) is 5.91 Å². The van der Waals surface area contributed by atoms with E-state index in [-0.39, 0.29) is 5.91 Å². The highest BCUT2D eigenvalue weighted by Crippen LogP contribution is 2.29. The second kappa shape index (κ2) is 5.74. The Labute approximate surface area is 136 Å². The Morgan fingerprint density at radius 2 is 2.00 bits per heavy atom. The van der Waals surface area contributed by atoms with Crippen LogP contribution in [0.3, 0.4) is 0 Å². The van der Waals surface area contributed by atoms with Crippen molar-refractivity contribution in [3.05, 3.63) is 62.2 Å². The lowest BCUT2D eigenvalue weighted by atomic mass is 10.0. The maximum absolute atomic E-state index is 12.7. The SMILES string of the molecule is O=C(c1ccc(I)c(Cl)c1)N1CCCc2ccccc21. The number of carbonyl (C=O) groups excluding carboxylic acids is 1. The van der Waals surface area contributed by atoms with Gasteiger partial charge in [-0.25, -0.2) is 0 Å². The van der Waals surface area contributed by atoms with Crippen molar-refractivity contribution in [2.45, 2.75) is 12.8 Å². The van der Waals surface area contributed by atoms with E-state index < -0.39 is 0 Å². The minimum Gasteiger partial charge on any atom is -0.308 e. The summed E-state index contributed by atoms with van der Waals surface area (Å²) in [5, 5.41) is 0.627. The molecular weight excluding hydrogens is 385 g/mol. The Balaban J connectivity index is 1.97. The molecule has 1 aliphatic heterocycles. The molecule has 0 saturated carbocycles. The summed E-state index contributed by atoms with van der Waals surface area (Å²) in [6.45, 7) is 0.763.